The second kappa shape index (κ2) is 1.28. The average Bonchev–Trinajstić information content (AvgIpc) is 2.36. The Morgan fingerprint density at radius 2 is 2.30 bits per heavy atom. The summed E-state index contributed by atoms with van der Waals surface area (Å²) in [5.74, 6) is 0.559. The normalized spacial score (nSPS) is 25.6. The minimum Gasteiger partial charge on any atom is -0.512 e. The van der Waals surface area contributed by atoms with Crippen LogP contribution in [0.15, 0.2) is 11.8 Å². The van der Waals surface area contributed by atoms with Crippen molar-refractivity contribution in [1.82, 2.24) is 4.90 Å². The summed E-state index contributed by atoms with van der Waals surface area (Å²) in [7, 11) is 0. The first-order chi connectivity index (χ1) is 4.64. The van der Waals surface area contributed by atoms with E-state index in [0.29, 0.717) is 18.8 Å². The molecule has 0 atom stereocenters. The second-order valence-corrected chi connectivity index (χ2v) is 2.93. The number of aliphatic hydroxyl groups excluding tert-OH is 1. The molecule has 2 rings (SSSR count). The molecule has 0 aromatic rings. The maximum atomic E-state index is 8.96. The molecular weight excluding hydrogens is 130 g/mol. The van der Waals surface area contributed by atoms with Gasteiger partial charge in [-0.05, 0) is 6.08 Å². The standard InChI is InChI=1S/C6H9N3O/c7-5(8)9-2-6(3-9)1-4(6)10/h1,10H,2-3H2,(H3,7,8). The van der Waals surface area contributed by atoms with Crippen LogP contribution in [0.3, 0.4) is 0 Å². The molecule has 54 valence electrons. The largest absolute Gasteiger partial charge is 0.512 e. The Kier molecular flexibility index (Phi) is 0.716. The SMILES string of the molecule is N=C(N)N1CC2(C=C2O)C1. The van der Waals surface area contributed by atoms with Crippen LogP contribution in [-0.4, -0.2) is 29.1 Å². The van der Waals surface area contributed by atoms with Crippen molar-refractivity contribution in [3.05, 3.63) is 11.8 Å². The van der Waals surface area contributed by atoms with Gasteiger partial charge < -0.3 is 15.7 Å². The van der Waals surface area contributed by atoms with Crippen LogP contribution in [0.1, 0.15) is 0 Å². The predicted molar refractivity (Wildman–Crippen MR) is 36.6 cm³/mol. The van der Waals surface area contributed by atoms with Crippen LogP contribution in [0.25, 0.3) is 0 Å². The molecule has 0 aromatic heterocycles. The fourth-order valence-electron chi connectivity index (χ4n) is 1.28. The highest BCUT2D eigenvalue weighted by Gasteiger charge is 2.54. The summed E-state index contributed by atoms with van der Waals surface area (Å²) in [6, 6.07) is 0. The first-order valence-corrected chi connectivity index (χ1v) is 3.15. The van der Waals surface area contributed by atoms with Crippen molar-refractivity contribution in [2.75, 3.05) is 13.1 Å². The highest BCUT2D eigenvalue weighted by molar-refractivity contribution is 5.76. The monoisotopic (exact) mass is 139 g/mol. The van der Waals surface area contributed by atoms with Gasteiger partial charge in [0, 0.05) is 13.1 Å². The Morgan fingerprint density at radius 3 is 2.60 bits per heavy atom. The van der Waals surface area contributed by atoms with E-state index in [1.807, 2.05) is 6.08 Å². The van der Waals surface area contributed by atoms with E-state index >= 15 is 0 Å². The van der Waals surface area contributed by atoms with Crippen LogP contribution < -0.4 is 5.73 Å². The molecule has 0 amide bonds. The molecule has 0 aromatic carbocycles. The van der Waals surface area contributed by atoms with Crippen LogP contribution >= 0.6 is 0 Å². The summed E-state index contributed by atoms with van der Waals surface area (Å²) in [6.07, 6.45) is 1.81. The molecule has 2 aliphatic rings. The number of hydrogen-bond donors (Lipinski definition) is 3. The number of likely N-dealkylation sites (tertiary alicyclic amines) is 1. The van der Waals surface area contributed by atoms with E-state index < -0.39 is 0 Å². The zero-order valence-electron chi connectivity index (χ0n) is 5.46. The molecule has 4 nitrogen and oxygen atoms in total. The van der Waals surface area contributed by atoms with E-state index in [1.54, 1.807) is 4.90 Å². The number of hydrogen-bond acceptors (Lipinski definition) is 2. The molecule has 0 unspecified atom stereocenters. The van der Waals surface area contributed by atoms with Gasteiger partial charge in [-0.15, -0.1) is 0 Å². The molecule has 10 heavy (non-hydrogen) atoms. The van der Waals surface area contributed by atoms with Gasteiger partial charge in [-0.2, -0.15) is 0 Å². The maximum absolute atomic E-state index is 8.96. The molecule has 0 radical (unpaired) electrons. The maximum Gasteiger partial charge on any atom is 0.188 e. The zero-order chi connectivity index (χ0) is 7.35. The molecule has 0 saturated carbocycles. The predicted octanol–water partition coefficient (Wildman–Crippen LogP) is -0.363. The van der Waals surface area contributed by atoms with Crippen LogP contribution in [0.5, 0.6) is 0 Å². The molecule has 0 bridgehead atoms. The highest BCUT2D eigenvalue weighted by Crippen LogP contribution is 2.49. The van der Waals surface area contributed by atoms with Crippen LogP contribution in [-0.2, 0) is 0 Å². The third-order valence-corrected chi connectivity index (χ3v) is 2.13. The number of guanidine groups is 1. The van der Waals surface area contributed by atoms with Crippen molar-refractivity contribution in [1.29, 1.82) is 5.41 Å². The lowest BCUT2D eigenvalue weighted by atomic mass is 9.94. The van der Waals surface area contributed by atoms with E-state index in [2.05, 4.69) is 0 Å². The van der Waals surface area contributed by atoms with Crippen LogP contribution in [0, 0.1) is 10.8 Å². The van der Waals surface area contributed by atoms with Crippen molar-refractivity contribution in [2.24, 2.45) is 11.1 Å². The topological polar surface area (TPSA) is 73.3 Å². The van der Waals surface area contributed by atoms with Crippen molar-refractivity contribution in [2.45, 2.75) is 0 Å². The Hall–Kier alpha value is -1.19. The molecule has 1 fully saturated rings. The summed E-state index contributed by atoms with van der Waals surface area (Å²) >= 11 is 0. The molecular formula is C6H9N3O. The minimum atomic E-state index is -0.0638. The quantitative estimate of drug-likeness (QED) is 0.317. The second-order valence-electron chi connectivity index (χ2n) is 2.93. The third kappa shape index (κ3) is 0.483. The lowest BCUT2D eigenvalue weighted by Gasteiger charge is -2.40. The average molecular weight is 139 g/mol. The van der Waals surface area contributed by atoms with Gasteiger partial charge in [0.25, 0.3) is 0 Å². The van der Waals surface area contributed by atoms with Crippen LogP contribution in [0.4, 0.5) is 0 Å². The number of rotatable bonds is 0. The van der Waals surface area contributed by atoms with Gasteiger partial charge in [0.1, 0.15) is 5.76 Å². The lowest BCUT2D eigenvalue weighted by molar-refractivity contribution is 0.147. The van der Waals surface area contributed by atoms with Gasteiger partial charge in [0.2, 0.25) is 0 Å². The van der Waals surface area contributed by atoms with Crippen molar-refractivity contribution < 1.29 is 5.11 Å². The van der Waals surface area contributed by atoms with E-state index in [0.717, 1.165) is 0 Å². The Balaban J connectivity index is 1.91. The lowest BCUT2D eigenvalue weighted by Crippen LogP contribution is -2.55. The van der Waals surface area contributed by atoms with Crippen molar-refractivity contribution >= 4 is 5.96 Å². The Labute approximate surface area is 58.4 Å². The van der Waals surface area contributed by atoms with E-state index in [4.69, 9.17) is 16.2 Å². The van der Waals surface area contributed by atoms with E-state index in [9.17, 15) is 0 Å². The molecule has 1 heterocycles. The van der Waals surface area contributed by atoms with Gasteiger partial charge in [-0.1, -0.05) is 0 Å². The molecule has 4 N–H and O–H groups in total. The Bertz CT molecular complexity index is 227. The van der Waals surface area contributed by atoms with E-state index in [-0.39, 0.29) is 11.4 Å². The van der Waals surface area contributed by atoms with Gasteiger partial charge in [0.05, 0.1) is 5.41 Å². The highest BCUT2D eigenvalue weighted by atomic mass is 16.3. The third-order valence-electron chi connectivity index (χ3n) is 2.13. The molecule has 4 heteroatoms. The van der Waals surface area contributed by atoms with Crippen LogP contribution in [0.2, 0.25) is 0 Å². The summed E-state index contributed by atoms with van der Waals surface area (Å²) in [5, 5.41) is 16.0. The smallest absolute Gasteiger partial charge is 0.188 e. The summed E-state index contributed by atoms with van der Waals surface area (Å²) < 4.78 is 0. The van der Waals surface area contributed by atoms with Gasteiger partial charge in [0.15, 0.2) is 5.96 Å². The fraction of sp³-hybridized carbons (Fsp3) is 0.500. The zero-order valence-corrected chi connectivity index (χ0v) is 5.46. The number of nitrogens with one attached hydrogen (secondary N) is 1. The molecule has 1 saturated heterocycles. The first kappa shape index (κ1) is 5.58. The van der Waals surface area contributed by atoms with Gasteiger partial charge in [-0.25, -0.2) is 0 Å². The molecule has 1 aliphatic carbocycles. The fourth-order valence-corrected chi connectivity index (χ4v) is 1.28. The number of nitrogens with zero attached hydrogens (tertiary/aromatic N) is 1. The first-order valence-electron chi connectivity index (χ1n) is 3.15. The van der Waals surface area contributed by atoms with Crippen molar-refractivity contribution in [3.8, 4) is 0 Å². The number of nitrogens with two attached hydrogens (primary N) is 1. The summed E-state index contributed by atoms with van der Waals surface area (Å²) in [5.41, 5.74) is 5.13. The minimum absolute atomic E-state index is 0.0638. The summed E-state index contributed by atoms with van der Waals surface area (Å²) in [6.45, 7) is 1.38. The molecule has 1 aliphatic heterocycles. The van der Waals surface area contributed by atoms with Gasteiger partial charge in [-0.3, -0.25) is 5.41 Å². The Morgan fingerprint density at radius 1 is 1.80 bits per heavy atom. The van der Waals surface area contributed by atoms with E-state index in [1.165, 1.54) is 0 Å². The number of aliphatic hydroxyl groups is 1. The summed E-state index contributed by atoms with van der Waals surface area (Å²) in [4.78, 5) is 1.72. The van der Waals surface area contributed by atoms with Gasteiger partial charge >= 0.3 is 0 Å². The molecule has 1 spiro atoms. The van der Waals surface area contributed by atoms with Crippen molar-refractivity contribution in [3.63, 3.8) is 0 Å².